The fraction of sp³-hybridized carbons (Fsp3) is 0.647. The van der Waals surface area contributed by atoms with Gasteiger partial charge in [-0.15, -0.1) is 0 Å². The maximum atomic E-state index is 9.77. The van der Waals surface area contributed by atoms with Crippen molar-refractivity contribution in [3.8, 4) is 0 Å². The third-order valence-corrected chi connectivity index (χ3v) is 4.61. The van der Waals surface area contributed by atoms with Crippen molar-refractivity contribution in [1.82, 2.24) is 0 Å². The van der Waals surface area contributed by atoms with Gasteiger partial charge in [-0.25, -0.2) is 0 Å². The Labute approximate surface area is 121 Å². The highest BCUT2D eigenvalue weighted by Gasteiger charge is 2.31. The summed E-state index contributed by atoms with van der Waals surface area (Å²) in [5.41, 5.74) is 2.81. The third kappa shape index (κ3) is 2.99. The van der Waals surface area contributed by atoms with Crippen LogP contribution in [0.1, 0.15) is 31.7 Å². The minimum atomic E-state index is -0.230. The highest BCUT2D eigenvalue weighted by Crippen LogP contribution is 2.35. The number of fused-ring (bicyclic) bond motifs is 1. The standard InChI is InChI=1S/C17H25NO2/c1-13(19)10-16-11-15-4-2-3-5-17(15)18(16)12-14-6-8-20-9-7-14/h2-5,13-14,16,19H,6-12H2,1H3. The van der Waals surface area contributed by atoms with E-state index in [1.165, 1.54) is 24.1 Å². The lowest BCUT2D eigenvalue weighted by atomic mass is 9.98. The van der Waals surface area contributed by atoms with Gasteiger partial charge in [-0.1, -0.05) is 18.2 Å². The number of nitrogens with zero attached hydrogens (tertiary/aromatic N) is 1. The molecule has 3 nitrogen and oxygen atoms in total. The first-order valence-corrected chi connectivity index (χ1v) is 7.84. The SMILES string of the molecule is CC(O)CC1Cc2ccccc2N1CC1CCOCC1. The molecule has 1 N–H and O–H groups in total. The summed E-state index contributed by atoms with van der Waals surface area (Å²) < 4.78 is 5.47. The van der Waals surface area contributed by atoms with E-state index in [-0.39, 0.29) is 6.10 Å². The van der Waals surface area contributed by atoms with Gasteiger partial charge < -0.3 is 14.7 Å². The Balaban J connectivity index is 1.75. The molecule has 0 amide bonds. The van der Waals surface area contributed by atoms with Crippen molar-refractivity contribution in [2.24, 2.45) is 5.92 Å². The molecule has 1 aromatic rings. The minimum Gasteiger partial charge on any atom is -0.393 e. The van der Waals surface area contributed by atoms with Gasteiger partial charge in [0.15, 0.2) is 0 Å². The average molecular weight is 275 g/mol. The molecule has 20 heavy (non-hydrogen) atoms. The van der Waals surface area contributed by atoms with Crippen molar-refractivity contribution < 1.29 is 9.84 Å². The summed E-state index contributed by atoms with van der Waals surface area (Å²) >= 11 is 0. The summed E-state index contributed by atoms with van der Waals surface area (Å²) in [6.07, 6.45) is 4.04. The fourth-order valence-electron chi connectivity index (χ4n) is 3.58. The van der Waals surface area contributed by atoms with Gasteiger partial charge in [0.25, 0.3) is 0 Å². The summed E-state index contributed by atoms with van der Waals surface area (Å²) in [6.45, 7) is 4.82. The highest BCUT2D eigenvalue weighted by atomic mass is 16.5. The number of benzene rings is 1. The van der Waals surface area contributed by atoms with E-state index >= 15 is 0 Å². The van der Waals surface area contributed by atoms with Gasteiger partial charge in [0.2, 0.25) is 0 Å². The summed E-state index contributed by atoms with van der Waals surface area (Å²) in [5, 5.41) is 9.77. The number of ether oxygens (including phenoxy) is 1. The largest absolute Gasteiger partial charge is 0.393 e. The molecule has 110 valence electrons. The van der Waals surface area contributed by atoms with Crippen LogP contribution < -0.4 is 4.90 Å². The Kier molecular flexibility index (Phi) is 4.27. The van der Waals surface area contributed by atoms with Crippen molar-refractivity contribution >= 4 is 5.69 Å². The first kappa shape index (κ1) is 13.9. The van der Waals surface area contributed by atoms with Crippen LogP contribution in [0.25, 0.3) is 0 Å². The molecule has 0 aliphatic carbocycles. The van der Waals surface area contributed by atoms with Crippen LogP contribution >= 0.6 is 0 Å². The Bertz CT molecular complexity index is 440. The molecule has 2 atom stereocenters. The summed E-state index contributed by atoms with van der Waals surface area (Å²) in [5.74, 6) is 0.728. The molecule has 0 bridgehead atoms. The van der Waals surface area contributed by atoms with E-state index in [0.717, 1.165) is 38.5 Å². The van der Waals surface area contributed by atoms with Gasteiger partial charge in [-0.3, -0.25) is 0 Å². The van der Waals surface area contributed by atoms with E-state index < -0.39 is 0 Å². The van der Waals surface area contributed by atoms with Gasteiger partial charge in [0.05, 0.1) is 6.10 Å². The lowest BCUT2D eigenvalue weighted by Crippen LogP contribution is -2.39. The highest BCUT2D eigenvalue weighted by molar-refractivity contribution is 5.59. The van der Waals surface area contributed by atoms with E-state index in [4.69, 9.17) is 4.74 Å². The second-order valence-electron chi connectivity index (χ2n) is 6.28. The number of aliphatic hydroxyl groups excluding tert-OH is 1. The number of rotatable bonds is 4. The van der Waals surface area contributed by atoms with Crippen LogP contribution in [-0.2, 0) is 11.2 Å². The van der Waals surface area contributed by atoms with Gasteiger partial charge >= 0.3 is 0 Å². The predicted molar refractivity (Wildman–Crippen MR) is 81.1 cm³/mol. The average Bonchev–Trinajstić information content (AvgIpc) is 2.77. The molecule has 2 aliphatic rings. The van der Waals surface area contributed by atoms with Crippen LogP contribution in [0.5, 0.6) is 0 Å². The number of hydrogen-bond acceptors (Lipinski definition) is 3. The number of hydrogen-bond donors (Lipinski definition) is 1. The van der Waals surface area contributed by atoms with Crippen molar-refractivity contribution in [2.75, 3.05) is 24.7 Å². The first-order chi connectivity index (χ1) is 9.74. The lowest BCUT2D eigenvalue weighted by molar-refractivity contribution is 0.0674. The zero-order valence-corrected chi connectivity index (χ0v) is 12.3. The van der Waals surface area contributed by atoms with Crippen molar-refractivity contribution in [3.63, 3.8) is 0 Å². The van der Waals surface area contributed by atoms with Crippen LogP contribution in [0.4, 0.5) is 5.69 Å². The van der Waals surface area contributed by atoms with Crippen LogP contribution in [0.2, 0.25) is 0 Å². The van der Waals surface area contributed by atoms with Crippen molar-refractivity contribution in [2.45, 2.75) is 44.8 Å². The predicted octanol–water partition coefficient (Wildman–Crippen LogP) is 2.62. The van der Waals surface area contributed by atoms with Crippen LogP contribution in [0.15, 0.2) is 24.3 Å². The number of para-hydroxylation sites is 1. The molecule has 1 aromatic carbocycles. The Hall–Kier alpha value is -1.06. The van der Waals surface area contributed by atoms with Gasteiger partial charge in [-0.05, 0) is 50.2 Å². The van der Waals surface area contributed by atoms with Crippen LogP contribution in [0.3, 0.4) is 0 Å². The van der Waals surface area contributed by atoms with E-state index in [2.05, 4.69) is 29.2 Å². The number of aliphatic hydroxyl groups is 1. The van der Waals surface area contributed by atoms with E-state index in [0.29, 0.717) is 6.04 Å². The maximum absolute atomic E-state index is 9.77. The van der Waals surface area contributed by atoms with Gasteiger partial charge in [0, 0.05) is 31.5 Å². The van der Waals surface area contributed by atoms with Gasteiger partial charge in [0.1, 0.15) is 0 Å². The molecule has 3 heteroatoms. The smallest absolute Gasteiger partial charge is 0.0531 e. The summed E-state index contributed by atoms with van der Waals surface area (Å²) in [7, 11) is 0. The zero-order valence-electron chi connectivity index (χ0n) is 12.3. The molecular formula is C17H25NO2. The van der Waals surface area contributed by atoms with E-state index in [1.807, 2.05) is 6.92 Å². The summed E-state index contributed by atoms with van der Waals surface area (Å²) in [6, 6.07) is 9.16. The molecule has 2 heterocycles. The van der Waals surface area contributed by atoms with Crippen LogP contribution in [0, 0.1) is 5.92 Å². The lowest BCUT2D eigenvalue weighted by Gasteiger charge is -2.33. The molecule has 1 fully saturated rings. The van der Waals surface area contributed by atoms with Crippen LogP contribution in [-0.4, -0.2) is 37.0 Å². The Morgan fingerprint density at radius 2 is 2.05 bits per heavy atom. The van der Waals surface area contributed by atoms with Crippen molar-refractivity contribution in [1.29, 1.82) is 0 Å². The third-order valence-electron chi connectivity index (χ3n) is 4.61. The molecular weight excluding hydrogens is 250 g/mol. The molecule has 0 aromatic heterocycles. The van der Waals surface area contributed by atoms with E-state index in [9.17, 15) is 5.11 Å². The molecule has 0 spiro atoms. The minimum absolute atomic E-state index is 0.230. The Morgan fingerprint density at radius 3 is 2.80 bits per heavy atom. The first-order valence-electron chi connectivity index (χ1n) is 7.84. The molecule has 0 radical (unpaired) electrons. The zero-order chi connectivity index (χ0) is 13.9. The molecule has 0 saturated carbocycles. The Morgan fingerprint density at radius 1 is 1.30 bits per heavy atom. The normalized spacial score (nSPS) is 24.7. The molecule has 2 unspecified atom stereocenters. The monoisotopic (exact) mass is 275 g/mol. The fourth-order valence-corrected chi connectivity index (χ4v) is 3.58. The maximum Gasteiger partial charge on any atom is 0.0531 e. The van der Waals surface area contributed by atoms with Crippen molar-refractivity contribution in [3.05, 3.63) is 29.8 Å². The van der Waals surface area contributed by atoms with E-state index in [1.54, 1.807) is 0 Å². The summed E-state index contributed by atoms with van der Waals surface area (Å²) in [4.78, 5) is 2.54. The second kappa shape index (κ2) is 6.15. The second-order valence-corrected chi connectivity index (χ2v) is 6.28. The molecule has 1 saturated heterocycles. The quantitative estimate of drug-likeness (QED) is 0.917. The molecule has 2 aliphatic heterocycles. The number of anilines is 1. The van der Waals surface area contributed by atoms with Gasteiger partial charge in [-0.2, -0.15) is 0 Å². The topological polar surface area (TPSA) is 32.7 Å². The molecule has 3 rings (SSSR count).